The standard InChI is InChI=1S/C14H14FN3O3S/c1-9(12-4-2-3-7-17-12)18-14(19)10-5-6-11(15)13(8-10)22(16,20)21/h2-9H,1H3,(H,18,19)(H2,16,20,21). The van der Waals surface area contributed by atoms with Crippen molar-refractivity contribution >= 4 is 15.9 Å². The van der Waals surface area contributed by atoms with Gasteiger partial charge < -0.3 is 5.32 Å². The van der Waals surface area contributed by atoms with E-state index in [-0.39, 0.29) is 5.56 Å². The maximum atomic E-state index is 13.5. The van der Waals surface area contributed by atoms with Crippen LogP contribution < -0.4 is 10.5 Å². The topological polar surface area (TPSA) is 102 Å². The molecular weight excluding hydrogens is 309 g/mol. The fourth-order valence-electron chi connectivity index (χ4n) is 1.85. The second kappa shape index (κ2) is 6.20. The van der Waals surface area contributed by atoms with Gasteiger partial charge in [0.2, 0.25) is 10.0 Å². The van der Waals surface area contributed by atoms with E-state index in [9.17, 15) is 17.6 Å². The van der Waals surface area contributed by atoms with E-state index < -0.39 is 32.7 Å². The van der Waals surface area contributed by atoms with Crippen LogP contribution in [0, 0.1) is 5.82 Å². The molecule has 0 fully saturated rings. The van der Waals surface area contributed by atoms with Gasteiger partial charge in [-0.2, -0.15) is 0 Å². The fraction of sp³-hybridized carbons (Fsp3) is 0.143. The van der Waals surface area contributed by atoms with Gasteiger partial charge in [0, 0.05) is 11.8 Å². The van der Waals surface area contributed by atoms with Crippen molar-refractivity contribution in [3.63, 3.8) is 0 Å². The molecule has 22 heavy (non-hydrogen) atoms. The summed E-state index contributed by atoms with van der Waals surface area (Å²) in [7, 11) is -4.24. The normalized spacial score (nSPS) is 12.7. The number of carbonyl (C=O) groups is 1. The molecule has 0 radical (unpaired) electrons. The summed E-state index contributed by atoms with van der Waals surface area (Å²) in [4.78, 5) is 15.5. The number of carbonyl (C=O) groups excluding carboxylic acids is 1. The van der Waals surface area contributed by atoms with E-state index >= 15 is 0 Å². The van der Waals surface area contributed by atoms with Gasteiger partial charge in [-0.1, -0.05) is 6.07 Å². The molecule has 1 aromatic heterocycles. The third-order valence-electron chi connectivity index (χ3n) is 2.98. The van der Waals surface area contributed by atoms with Crippen LogP contribution in [0.1, 0.15) is 29.0 Å². The maximum absolute atomic E-state index is 13.5. The summed E-state index contributed by atoms with van der Waals surface area (Å²) >= 11 is 0. The van der Waals surface area contributed by atoms with Crippen molar-refractivity contribution in [2.45, 2.75) is 17.9 Å². The number of benzene rings is 1. The van der Waals surface area contributed by atoms with Crippen molar-refractivity contribution < 1.29 is 17.6 Å². The van der Waals surface area contributed by atoms with Crippen molar-refractivity contribution in [1.82, 2.24) is 10.3 Å². The van der Waals surface area contributed by atoms with Gasteiger partial charge in [0.1, 0.15) is 10.7 Å². The van der Waals surface area contributed by atoms with Crippen LogP contribution in [-0.4, -0.2) is 19.3 Å². The molecule has 2 rings (SSSR count). The molecule has 1 aromatic carbocycles. The van der Waals surface area contributed by atoms with Crippen molar-refractivity contribution in [3.05, 3.63) is 59.7 Å². The lowest BCUT2D eigenvalue weighted by molar-refractivity contribution is 0.0939. The molecule has 0 saturated carbocycles. The number of nitrogens with zero attached hydrogens (tertiary/aromatic N) is 1. The molecule has 0 spiro atoms. The highest BCUT2D eigenvalue weighted by molar-refractivity contribution is 7.89. The number of sulfonamides is 1. The number of primary sulfonamides is 1. The highest BCUT2D eigenvalue weighted by Crippen LogP contribution is 2.16. The van der Waals surface area contributed by atoms with Crippen LogP contribution in [0.15, 0.2) is 47.5 Å². The number of nitrogens with two attached hydrogens (primary N) is 1. The Morgan fingerprint density at radius 1 is 1.32 bits per heavy atom. The van der Waals surface area contributed by atoms with Crippen molar-refractivity contribution in [2.75, 3.05) is 0 Å². The van der Waals surface area contributed by atoms with E-state index in [1.807, 2.05) is 0 Å². The lowest BCUT2D eigenvalue weighted by Crippen LogP contribution is -2.27. The summed E-state index contributed by atoms with van der Waals surface area (Å²) in [5.74, 6) is -1.56. The summed E-state index contributed by atoms with van der Waals surface area (Å²) < 4.78 is 36.0. The van der Waals surface area contributed by atoms with Crippen LogP contribution in [0.5, 0.6) is 0 Å². The summed E-state index contributed by atoms with van der Waals surface area (Å²) in [6.45, 7) is 1.73. The lowest BCUT2D eigenvalue weighted by atomic mass is 10.1. The Kier molecular flexibility index (Phi) is 4.53. The lowest BCUT2D eigenvalue weighted by Gasteiger charge is -2.13. The van der Waals surface area contributed by atoms with Crippen molar-refractivity contribution in [2.24, 2.45) is 5.14 Å². The second-order valence-corrected chi connectivity index (χ2v) is 6.17. The number of hydrogen-bond donors (Lipinski definition) is 2. The van der Waals surface area contributed by atoms with Crippen LogP contribution in [0.2, 0.25) is 0 Å². The highest BCUT2D eigenvalue weighted by atomic mass is 32.2. The summed E-state index contributed by atoms with van der Waals surface area (Å²) in [5.41, 5.74) is 0.637. The summed E-state index contributed by atoms with van der Waals surface area (Å²) in [5, 5.41) is 7.56. The third-order valence-corrected chi connectivity index (χ3v) is 3.90. The zero-order valence-corrected chi connectivity index (χ0v) is 12.5. The van der Waals surface area contributed by atoms with E-state index in [1.54, 1.807) is 31.3 Å². The van der Waals surface area contributed by atoms with Gasteiger partial charge in [0.05, 0.1) is 11.7 Å². The molecule has 0 aliphatic carbocycles. The smallest absolute Gasteiger partial charge is 0.251 e. The molecular formula is C14H14FN3O3S. The van der Waals surface area contributed by atoms with Gasteiger partial charge in [-0.25, -0.2) is 17.9 Å². The van der Waals surface area contributed by atoms with Crippen LogP contribution in [0.25, 0.3) is 0 Å². The molecule has 1 atom stereocenters. The zero-order chi connectivity index (χ0) is 16.3. The quantitative estimate of drug-likeness (QED) is 0.886. The Morgan fingerprint density at radius 3 is 2.64 bits per heavy atom. The number of aromatic nitrogens is 1. The molecule has 6 nitrogen and oxygen atoms in total. The molecule has 3 N–H and O–H groups in total. The van der Waals surface area contributed by atoms with Crippen molar-refractivity contribution in [1.29, 1.82) is 0 Å². The minimum absolute atomic E-state index is 0.00629. The minimum atomic E-state index is -4.24. The molecule has 0 aliphatic heterocycles. The molecule has 0 aliphatic rings. The predicted octanol–water partition coefficient (Wildman–Crippen LogP) is 1.36. The molecule has 116 valence electrons. The van der Waals surface area contributed by atoms with E-state index in [1.165, 1.54) is 6.07 Å². The largest absolute Gasteiger partial charge is 0.344 e. The monoisotopic (exact) mass is 323 g/mol. The van der Waals surface area contributed by atoms with E-state index in [0.29, 0.717) is 5.69 Å². The maximum Gasteiger partial charge on any atom is 0.251 e. The summed E-state index contributed by atoms with van der Waals surface area (Å²) in [6, 6.07) is 7.86. The minimum Gasteiger partial charge on any atom is -0.344 e. The first-order valence-electron chi connectivity index (χ1n) is 6.33. The van der Waals surface area contributed by atoms with Gasteiger partial charge in [-0.3, -0.25) is 9.78 Å². The number of amides is 1. The van der Waals surface area contributed by atoms with E-state index in [2.05, 4.69) is 10.3 Å². The summed E-state index contributed by atoms with van der Waals surface area (Å²) in [6.07, 6.45) is 1.59. The number of nitrogens with one attached hydrogen (secondary N) is 1. The Balaban J connectivity index is 2.24. The Labute approximate surface area is 127 Å². The number of hydrogen-bond acceptors (Lipinski definition) is 4. The fourth-order valence-corrected chi connectivity index (χ4v) is 2.48. The highest BCUT2D eigenvalue weighted by Gasteiger charge is 2.18. The van der Waals surface area contributed by atoms with Gasteiger partial charge in [-0.05, 0) is 37.3 Å². The van der Waals surface area contributed by atoms with Crippen LogP contribution in [0.4, 0.5) is 4.39 Å². The average molecular weight is 323 g/mol. The average Bonchev–Trinajstić information content (AvgIpc) is 2.47. The van der Waals surface area contributed by atoms with Gasteiger partial charge in [-0.15, -0.1) is 0 Å². The Hall–Kier alpha value is -2.32. The van der Waals surface area contributed by atoms with E-state index in [4.69, 9.17) is 5.14 Å². The number of pyridine rings is 1. The first-order chi connectivity index (χ1) is 10.3. The molecule has 1 unspecified atom stereocenters. The predicted molar refractivity (Wildman–Crippen MR) is 77.9 cm³/mol. The first kappa shape index (κ1) is 16.1. The first-order valence-corrected chi connectivity index (χ1v) is 7.88. The molecule has 1 amide bonds. The molecule has 0 saturated heterocycles. The van der Waals surface area contributed by atoms with Crippen LogP contribution in [-0.2, 0) is 10.0 Å². The zero-order valence-electron chi connectivity index (χ0n) is 11.7. The molecule has 2 aromatic rings. The third kappa shape index (κ3) is 3.66. The SMILES string of the molecule is CC(NC(=O)c1ccc(F)c(S(N)(=O)=O)c1)c1ccccn1. The second-order valence-electron chi connectivity index (χ2n) is 4.64. The Bertz CT molecular complexity index is 794. The van der Waals surface area contributed by atoms with Crippen LogP contribution in [0.3, 0.4) is 0 Å². The van der Waals surface area contributed by atoms with E-state index in [0.717, 1.165) is 12.1 Å². The molecule has 0 bridgehead atoms. The number of halogens is 1. The molecule has 1 heterocycles. The van der Waals surface area contributed by atoms with Gasteiger partial charge in [0.25, 0.3) is 5.91 Å². The Morgan fingerprint density at radius 2 is 2.05 bits per heavy atom. The van der Waals surface area contributed by atoms with Gasteiger partial charge >= 0.3 is 0 Å². The van der Waals surface area contributed by atoms with Crippen LogP contribution >= 0.6 is 0 Å². The van der Waals surface area contributed by atoms with Crippen molar-refractivity contribution in [3.8, 4) is 0 Å². The number of rotatable bonds is 4. The molecule has 8 heteroatoms. The van der Waals surface area contributed by atoms with Gasteiger partial charge in [0.15, 0.2) is 0 Å².